The molecule has 0 fully saturated rings. The lowest BCUT2D eigenvalue weighted by atomic mass is 10.1. The van der Waals surface area contributed by atoms with Crippen molar-refractivity contribution in [1.29, 1.82) is 0 Å². The van der Waals surface area contributed by atoms with E-state index in [1.807, 2.05) is 43.1 Å². The van der Waals surface area contributed by atoms with Crippen LogP contribution in [0.5, 0.6) is 0 Å². The smallest absolute Gasteiger partial charge is 0.128 e. The number of hydrogen-bond acceptors (Lipinski definition) is 2. The van der Waals surface area contributed by atoms with Gasteiger partial charge in [-0.1, -0.05) is 35.9 Å². The lowest BCUT2D eigenvalue weighted by molar-refractivity contribution is 0.282. The number of aryl methyl sites for hydroxylation is 1. The molecule has 2 nitrogen and oxygen atoms in total. The molecule has 0 spiro atoms. The first-order valence-corrected chi connectivity index (χ1v) is 6.26. The van der Waals surface area contributed by atoms with Crippen LogP contribution in [0.4, 0.5) is 10.1 Å². The van der Waals surface area contributed by atoms with Gasteiger partial charge < -0.3 is 10.0 Å². The number of rotatable bonds is 4. The quantitative estimate of drug-likeness (QED) is 0.911. The van der Waals surface area contributed by atoms with E-state index in [1.165, 1.54) is 6.07 Å². The minimum Gasteiger partial charge on any atom is -0.392 e. The number of hydrogen-bond donors (Lipinski definition) is 1. The van der Waals surface area contributed by atoms with Gasteiger partial charge in [-0.25, -0.2) is 4.39 Å². The molecule has 2 aromatic carbocycles. The third-order valence-corrected chi connectivity index (χ3v) is 3.18. The van der Waals surface area contributed by atoms with Crippen LogP contribution in [-0.4, -0.2) is 12.2 Å². The van der Waals surface area contributed by atoms with Gasteiger partial charge in [0.1, 0.15) is 5.82 Å². The Morgan fingerprint density at radius 3 is 2.53 bits per heavy atom. The van der Waals surface area contributed by atoms with E-state index in [-0.39, 0.29) is 12.4 Å². The van der Waals surface area contributed by atoms with E-state index in [0.29, 0.717) is 12.1 Å². The van der Waals surface area contributed by atoms with E-state index in [9.17, 15) is 9.50 Å². The zero-order valence-electron chi connectivity index (χ0n) is 11.2. The van der Waals surface area contributed by atoms with Crippen molar-refractivity contribution < 1.29 is 9.50 Å². The number of aliphatic hydroxyl groups excluding tert-OH is 1. The highest BCUT2D eigenvalue weighted by Gasteiger charge is 2.09. The van der Waals surface area contributed by atoms with E-state index in [2.05, 4.69) is 0 Å². The second-order valence-electron chi connectivity index (χ2n) is 4.74. The van der Waals surface area contributed by atoms with Crippen LogP contribution in [0, 0.1) is 12.7 Å². The van der Waals surface area contributed by atoms with Gasteiger partial charge in [-0.3, -0.25) is 0 Å². The molecule has 0 aromatic heterocycles. The molecule has 2 aromatic rings. The highest BCUT2D eigenvalue weighted by Crippen LogP contribution is 2.23. The molecule has 0 heterocycles. The van der Waals surface area contributed by atoms with Crippen molar-refractivity contribution in [2.45, 2.75) is 20.1 Å². The molecule has 0 radical (unpaired) electrons. The number of benzene rings is 2. The van der Waals surface area contributed by atoms with Gasteiger partial charge in [0, 0.05) is 30.4 Å². The van der Waals surface area contributed by atoms with Crippen molar-refractivity contribution in [1.82, 2.24) is 0 Å². The molecular weight excluding hydrogens is 241 g/mol. The Kier molecular flexibility index (Phi) is 4.17. The van der Waals surface area contributed by atoms with Gasteiger partial charge in [0.2, 0.25) is 0 Å². The van der Waals surface area contributed by atoms with Gasteiger partial charge in [0.05, 0.1) is 6.61 Å². The zero-order chi connectivity index (χ0) is 13.8. The van der Waals surface area contributed by atoms with Gasteiger partial charge >= 0.3 is 0 Å². The molecule has 3 heteroatoms. The fraction of sp³-hybridized carbons (Fsp3) is 0.250. The van der Waals surface area contributed by atoms with Gasteiger partial charge in [0.15, 0.2) is 0 Å². The molecule has 0 aliphatic carbocycles. The first kappa shape index (κ1) is 13.6. The number of nitrogens with zero attached hydrogens (tertiary/aromatic N) is 1. The van der Waals surface area contributed by atoms with E-state index in [4.69, 9.17) is 0 Å². The Hall–Kier alpha value is -1.87. The first-order valence-electron chi connectivity index (χ1n) is 6.26. The molecule has 0 saturated carbocycles. The van der Waals surface area contributed by atoms with Crippen LogP contribution in [-0.2, 0) is 13.2 Å². The summed E-state index contributed by atoms with van der Waals surface area (Å²) in [6.07, 6.45) is 0. The van der Waals surface area contributed by atoms with E-state index in [1.54, 1.807) is 12.1 Å². The highest BCUT2D eigenvalue weighted by atomic mass is 19.1. The lowest BCUT2D eigenvalue weighted by Crippen LogP contribution is -2.19. The van der Waals surface area contributed by atoms with Crippen molar-refractivity contribution in [3.05, 3.63) is 65.0 Å². The minimum atomic E-state index is -0.202. The molecule has 0 aliphatic rings. The summed E-state index contributed by atoms with van der Waals surface area (Å²) in [5.41, 5.74) is 3.54. The third kappa shape index (κ3) is 3.12. The summed E-state index contributed by atoms with van der Waals surface area (Å²) >= 11 is 0. The predicted molar refractivity (Wildman–Crippen MR) is 75.6 cm³/mol. The van der Waals surface area contributed by atoms with Crippen LogP contribution in [0.1, 0.15) is 16.7 Å². The molecule has 0 atom stereocenters. The summed E-state index contributed by atoms with van der Waals surface area (Å²) in [7, 11) is 1.90. The SMILES string of the molecule is Cc1ccc(N(C)Cc2ccccc2F)c(CO)c1. The van der Waals surface area contributed by atoms with Crippen molar-refractivity contribution in [2.75, 3.05) is 11.9 Å². The van der Waals surface area contributed by atoms with Gasteiger partial charge in [-0.2, -0.15) is 0 Å². The molecule has 0 aliphatic heterocycles. The van der Waals surface area contributed by atoms with Crippen molar-refractivity contribution in [3.63, 3.8) is 0 Å². The van der Waals surface area contributed by atoms with E-state index >= 15 is 0 Å². The predicted octanol–water partition coefficient (Wildman–Crippen LogP) is 3.26. The van der Waals surface area contributed by atoms with Crippen molar-refractivity contribution >= 4 is 5.69 Å². The molecule has 100 valence electrons. The van der Waals surface area contributed by atoms with Gasteiger partial charge in [-0.05, 0) is 19.1 Å². The maximum absolute atomic E-state index is 13.6. The van der Waals surface area contributed by atoms with E-state index < -0.39 is 0 Å². The van der Waals surface area contributed by atoms with Crippen LogP contribution in [0.25, 0.3) is 0 Å². The topological polar surface area (TPSA) is 23.5 Å². The first-order chi connectivity index (χ1) is 9.11. The van der Waals surface area contributed by atoms with Crippen molar-refractivity contribution in [3.8, 4) is 0 Å². The Morgan fingerprint density at radius 2 is 1.84 bits per heavy atom. The molecule has 1 N–H and O–H groups in total. The van der Waals surface area contributed by atoms with Crippen LogP contribution < -0.4 is 4.90 Å². The lowest BCUT2D eigenvalue weighted by Gasteiger charge is -2.22. The molecule has 0 saturated heterocycles. The fourth-order valence-electron chi connectivity index (χ4n) is 2.18. The van der Waals surface area contributed by atoms with Crippen LogP contribution in [0.3, 0.4) is 0 Å². The van der Waals surface area contributed by atoms with Gasteiger partial charge in [0.25, 0.3) is 0 Å². The standard InChI is InChI=1S/C16H18FNO/c1-12-7-8-16(14(9-12)11-19)18(2)10-13-5-3-4-6-15(13)17/h3-9,19H,10-11H2,1-2H3. The highest BCUT2D eigenvalue weighted by molar-refractivity contribution is 5.54. The third-order valence-electron chi connectivity index (χ3n) is 3.18. The largest absolute Gasteiger partial charge is 0.392 e. The minimum absolute atomic E-state index is 0.0153. The molecule has 0 bridgehead atoms. The van der Waals surface area contributed by atoms with Crippen LogP contribution in [0.2, 0.25) is 0 Å². The molecule has 19 heavy (non-hydrogen) atoms. The number of aliphatic hydroxyl groups is 1. The Bertz CT molecular complexity index is 568. The average Bonchev–Trinajstić information content (AvgIpc) is 2.41. The average molecular weight is 259 g/mol. The van der Waals surface area contributed by atoms with Crippen LogP contribution in [0.15, 0.2) is 42.5 Å². The monoisotopic (exact) mass is 259 g/mol. The van der Waals surface area contributed by atoms with E-state index in [0.717, 1.165) is 16.8 Å². The normalized spacial score (nSPS) is 10.5. The van der Waals surface area contributed by atoms with Crippen molar-refractivity contribution in [2.24, 2.45) is 0 Å². The summed E-state index contributed by atoms with van der Waals surface area (Å²) < 4.78 is 13.6. The summed E-state index contributed by atoms with van der Waals surface area (Å²) in [4.78, 5) is 1.95. The molecular formula is C16H18FNO. The molecule has 0 amide bonds. The Balaban J connectivity index is 2.25. The van der Waals surface area contributed by atoms with Gasteiger partial charge in [-0.15, -0.1) is 0 Å². The van der Waals surface area contributed by atoms with Crippen LogP contribution >= 0.6 is 0 Å². The zero-order valence-corrected chi connectivity index (χ0v) is 11.2. The number of halogens is 1. The molecule has 0 unspecified atom stereocenters. The second-order valence-corrected chi connectivity index (χ2v) is 4.74. The summed E-state index contributed by atoms with van der Waals surface area (Å²) in [6, 6.07) is 12.7. The Labute approximate surface area is 113 Å². The maximum atomic E-state index is 13.6. The second kappa shape index (κ2) is 5.85. The summed E-state index contributed by atoms with van der Waals surface area (Å²) in [5, 5.41) is 9.41. The maximum Gasteiger partial charge on any atom is 0.128 e. The Morgan fingerprint density at radius 1 is 1.11 bits per heavy atom. The molecule has 2 rings (SSSR count). The summed E-state index contributed by atoms with van der Waals surface area (Å²) in [5.74, 6) is -0.202. The fourth-order valence-corrected chi connectivity index (χ4v) is 2.18. The summed E-state index contributed by atoms with van der Waals surface area (Å²) in [6.45, 7) is 2.45. The number of anilines is 1.